The molecule has 7 aromatic rings. The summed E-state index contributed by atoms with van der Waals surface area (Å²) in [6, 6.07) is 57.8. The Balaban J connectivity index is 1.32. The zero-order chi connectivity index (χ0) is 40.5. The van der Waals surface area contributed by atoms with Crippen molar-refractivity contribution in [1.82, 2.24) is 0 Å². The van der Waals surface area contributed by atoms with Gasteiger partial charge < -0.3 is 14.1 Å². The zero-order valence-electron chi connectivity index (χ0n) is 34.4. The van der Waals surface area contributed by atoms with E-state index in [1.165, 1.54) is 83.6 Å². The van der Waals surface area contributed by atoms with Gasteiger partial charge in [0.2, 0.25) is 0 Å². The second-order valence-electron chi connectivity index (χ2n) is 16.2. The van der Waals surface area contributed by atoms with Crippen LogP contribution in [0.3, 0.4) is 0 Å². The number of hydrogen-bond acceptors (Lipinski definition) is 5. The second-order valence-corrected chi connectivity index (χ2v) is 19.5. The van der Waals surface area contributed by atoms with Gasteiger partial charge in [-0.1, -0.05) is 133 Å². The fourth-order valence-electron chi connectivity index (χ4n) is 9.68. The van der Waals surface area contributed by atoms with E-state index in [0.29, 0.717) is 12.8 Å². The third kappa shape index (κ3) is 7.36. The Bertz CT molecular complexity index is 2570. The number of benzene rings is 7. The lowest BCUT2D eigenvalue weighted by Crippen LogP contribution is -2.63. The molecule has 7 aromatic carbocycles. The van der Waals surface area contributed by atoms with Gasteiger partial charge in [0.25, 0.3) is 0 Å². The Labute approximate surface area is 355 Å². The number of methoxy groups -OCH3 is 1. The van der Waals surface area contributed by atoms with E-state index in [1.54, 1.807) is 0 Å². The minimum atomic E-state index is -1.09. The molecule has 9 rings (SSSR count). The Kier molecular flexibility index (Phi) is 11.1. The number of nitrogens with zero attached hydrogens (tertiary/aromatic N) is 2. The van der Waals surface area contributed by atoms with Crippen LogP contribution in [0.1, 0.15) is 46.7 Å². The monoisotopic (exact) mass is 808 g/mol. The van der Waals surface area contributed by atoms with E-state index >= 15 is 0 Å². The number of anilines is 2. The van der Waals surface area contributed by atoms with Gasteiger partial charge in [-0.2, -0.15) is 0 Å². The van der Waals surface area contributed by atoms with Crippen LogP contribution < -0.4 is 25.5 Å². The lowest BCUT2D eigenvalue weighted by molar-refractivity contribution is -0.151. The molecule has 0 radical (unpaired) electrons. The molecule has 2 aliphatic rings. The molecule has 0 amide bonds. The number of thioether (sulfide) groups is 1. The molecule has 0 spiro atoms. The quantitative estimate of drug-likeness (QED) is 0.0404. The summed E-state index contributed by atoms with van der Waals surface area (Å²) in [5, 5.41) is 5.15. The minimum Gasteiger partial charge on any atom is -0.469 e. The SMILES string of the molecule is COC(=O)C1(C)Cc2c(C)c(CCCSc3ccccc3)c(B3N(Cc4ccccc4)c4cccc5cccc(c45)N3P(c3ccccc3)c3ccccc3)c(C)c2C1. The molecule has 1 heterocycles. The average molecular weight is 809 g/mol. The van der Waals surface area contributed by atoms with Crippen molar-refractivity contribution >= 4 is 71.0 Å². The molecular weight excluding hydrogens is 758 g/mol. The van der Waals surface area contributed by atoms with Crippen LogP contribution in [-0.2, 0) is 35.3 Å². The van der Waals surface area contributed by atoms with Crippen molar-refractivity contribution in [3.05, 3.63) is 191 Å². The number of carbonyl (C=O) groups excluding carboxylic acids is 1. The van der Waals surface area contributed by atoms with E-state index in [0.717, 1.165) is 25.1 Å². The first-order chi connectivity index (χ1) is 28.9. The first-order valence-corrected chi connectivity index (χ1v) is 23.1. The maximum absolute atomic E-state index is 13.6. The predicted molar refractivity (Wildman–Crippen MR) is 252 cm³/mol. The van der Waals surface area contributed by atoms with Crippen LogP contribution in [0.25, 0.3) is 10.8 Å². The molecule has 1 aliphatic carbocycles. The van der Waals surface area contributed by atoms with E-state index in [-0.39, 0.29) is 13.0 Å². The van der Waals surface area contributed by atoms with Gasteiger partial charge in [0.1, 0.15) is 0 Å². The molecular formula is C52H50BN2O2PS. The summed E-state index contributed by atoms with van der Waals surface area (Å²) >= 11 is 1.93. The van der Waals surface area contributed by atoms with Gasteiger partial charge in [0.15, 0.2) is 0 Å². The molecule has 1 aliphatic heterocycles. The summed E-state index contributed by atoms with van der Waals surface area (Å²) in [4.78, 5) is 17.6. The largest absolute Gasteiger partial charge is 0.469 e. The minimum absolute atomic E-state index is 0.128. The van der Waals surface area contributed by atoms with Crippen LogP contribution >= 0.6 is 19.8 Å². The second kappa shape index (κ2) is 16.8. The van der Waals surface area contributed by atoms with E-state index < -0.39 is 13.5 Å². The number of ether oxygens (including phenoxy) is 1. The molecule has 1 atom stereocenters. The molecule has 0 fully saturated rings. The van der Waals surface area contributed by atoms with Gasteiger partial charge in [0.05, 0.1) is 12.5 Å². The predicted octanol–water partition coefficient (Wildman–Crippen LogP) is 10.7. The molecule has 0 saturated heterocycles. The van der Waals surface area contributed by atoms with Crippen molar-refractivity contribution in [2.75, 3.05) is 22.3 Å². The number of esters is 1. The van der Waals surface area contributed by atoms with Crippen LogP contribution in [0.5, 0.6) is 0 Å². The Morgan fingerprint density at radius 3 is 1.88 bits per heavy atom. The van der Waals surface area contributed by atoms with E-state index in [4.69, 9.17) is 4.74 Å². The van der Waals surface area contributed by atoms with Crippen molar-refractivity contribution in [2.24, 2.45) is 5.41 Å². The highest BCUT2D eigenvalue weighted by atomic mass is 32.2. The molecule has 0 bridgehead atoms. The van der Waals surface area contributed by atoms with Crippen LogP contribution in [0.15, 0.2) is 163 Å². The Hall–Kier alpha value is -5.29. The van der Waals surface area contributed by atoms with Gasteiger partial charge in [0, 0.05) is 36.3 Å². The maximum Gasteiger partial charge on any atom is 0.416 e. The summed E-state index contributed by atoms with van der Waals surface area (Å²) in [5.41, 5.74) is 11.2. The summed E-state index contributed by atoms with van der Waals surface area (Å²) < 4.78 is 8.30. The molecule has 1 unspecified atom stereocenters. The van der Waals surface area contributed by atoms with E-state index in [2.05, 4.69) is 188 Å². The third-order valence-electron chi connectivity index (χ3n) is 12.5. The lowest BCUT2D eigenvalue weighted by Gasteiger charge is -2.49. The topological polar surface area (TPSA) is 32.8 Å². The van der Waals surface area contributed by atoms with Gasteiger partial charge in [-0.15, -0.1) is 11.8 Å². The van der Waals surface area contributed by atoms with Crippen LogP contribution in [0.4, 0.5) is 11.4 Å². The summed E-state index contributed by atoms with van der Waals surface area (Å²) in [7, 11) is 0.446. The standard InChI is InChI=1S/C52H50BN2O2PS/c1-37-44(30-19-33-59-43-28-15-8-16-29-43)50(38(2)46-35-52(3,34-45(37)46)51(56)57-4)53-54(36-39-20-9-5-10-21-39)47-31-17-22-40-23-18-32-48(49(40)47)55(53)58(41-24-11-6-12-25-41)42-26-13-7-14-27-42/h5-18,20-29,31-32H,19,30,33-36H2,1-4H3. The highest BCUT2D eigenvalue weighted by Crippen LogP contribution is 2.52. The van der Waals surface area contributed by atoms with Crippen molar-refractivity contribution < 1.29 is 9.53 Å². The number of carbonyl (C=O) groups is 1. The number of rotatable bonds is 12. The lowest BCUT2D eigenvalue weighted by atomic mass is 9.58. The van der Waals surface area contributed by atoms with Crippen LogP contribution in [0, 0.1) is 19.3 Å². The summed E-state index contributed by atoms with van der Waals surface area (Å²) in [6.07, 6.45) is 3.33. The van der Waals surface area contributed by atoms with Gasteiger partial charge in [-0.05, 0) is 131 Å². The van der Waals surface area contributed by atoms with Crippen molar-refractivity contribution in [2.45, 2.75) is 57.9 Å². The number of fused-ring (bicyclic) bond motifs is 1. The molecule has 0 N–H and O–H groups in total. The molecule has 0 saturated carbocycles. The summed E-state index contributed by atoms with van der Waals surface area (Å²) in [6.45, 7) is 7.37. The van der Waals surface area contributed by atoms with E-state index in [9.17, 15) is 4.79 Å². The Morgan fingerprint density at radius 2 is 1.27 bits per heavy atom. The fourth-order valence-corrected chi connectivity index (χ4v) is 13.1. The molecule has 7 heteroatoms. The molecule has 0 aromatic heterocycles. The normalized spacial score (nSPS) is 15.8. The highest BCUT2D eigenvalue weighted by molar-refractivity contribution is 7.99. The first kappa shape index (κ1) is 39.2. The fraction of sp³-hybridized carbons (Fsp3) is 0.212. The van der Waals surface area contributed by atoms with Crippen molar-refractivity contribution in [3.63, 3.8) is 0 Å². The maximum atomic E-state index is 13.6. The average Bonchev–Trinajstić information content (AvgIpc) is 3.66. The molecule has 4 nitrogen and oxygen atoms in total. The van der Waals surface area contributed by atoms with Gasteiger partial charge in [-0.3, -0.25) is 4.79 Å². The first-order valence-electron chi connectivity index (χ1n) is 20.8. The third-order valence-corrected chi connectivity index (χ3v) is 16.0. The van der Waals surface area contributed by atoms with Gasteiger partial charge in [-0.25, -0.2) is 0 Å². The Morgan fingerprint density at radius 1 is 0.712 bits per heavy atom. The van der Waals surface area contributed by atoms with Gasteiger partial charge >= 0.3 is 13.0 Å². The zero-order valence-corrected chi connectivity index (χ0v) is 36.1. The number of hydrogen-bond donors (Lipinski definition) is 0. The smallest absolute Gasteiger partial charge is 0.416 e. The van der Waals surface area contributed by atoms with Crippen LogP contribution in [-0.4, -0.2) is 25.8 Å². The van der Waals surface area contributed by atoms with Crippen LogP contribution in [0.2, 0.25) is 0 Å². The molecule has 59 heavy (non-hydrogen) atoms. The summed E-state index contributed by atoms with van der Waals surface area (Å²) in [5.74, 6) is 0.890. The van der Waals surface area contributed by atoms with Crippen molar-refractivity contribution in [1.29, 1.82) is 0 Å². The highest BCUT2D eigenvalue weighted by Gasteiger charge is 2.49. The molecule has 294 valence electrons. The van der Waals surface area contributed by atoms with E-state index in [1.807, 2.05) is 11.8 Å². The van der Waals surface area contributed by atoms with Crippen molar-refractivity contribution in [3.8, 4) is 0 Å².